The Hall–Kier alpha value is -3.19. The number of carbonyl (C=O) groups is 2. The average Bonchev–Trinajstić information content (AvgIpc) is 2.74. The van der Waals surface area contributed by atoms with Gasteiger partial charge in [0.15, 0.2) is 5.78 Å². The van der Waals surface area contributed by atoms with Crippen LogP contribution in [0.5, 0.6) is 0 Å². The van der Waals surface area contributed by atoms with Gasteiger partial charge in [0.1, 0.15) is 23.5 Å². The zero-order valence-corrected chi connectivity index (χ0v) is 17.1. The lowest BCUT2D eigenvalue weighted by atomic mass is 9.92. The van der Waals surface area contributed by atoms with E-state index >= 15 is 0 Å². The molecule has 1 N–H and O–H groups in total. The van der Waals surface area contributed by atoms with Crippen molar-refractivity contribution >= 4 is 34.8 Å². The van der Waals surface area contributed by atoms with E-state index in [-0.39, 0.29) is 27.3 Å². The molecule has 1 aliphatic heterocycles. The number of nitrogens with zero attached hydrogens (tertiary/aromatic N) is 2. The van der Waals surface area contributed by atoms with Gasteiger partial charge in [-0.3, -0.25) is 9.59 Å². The van der Waals surface area contributed by atoms with Crippen LogP contribution in [-0.2, 0) is 0 Å². The summed E-state index contributed by atoms with van der Waals surface area (Å²) in [6, 6.07) is 9.62. The normalized spacial score (nSPS) is 14.8. The Balaban J connectivity index is 2.12. The van der Waals surface area contributed by atoms with Gasteiger partial charge in [-0.1, -0.05) is 23.2 Å². The fourth-order valence-corrected chi connectivity index (χ4v) is 3.70. The molecule has 0 unspecified atom stereocenters. The van der Waals surface area contributed by atoms with Crippen molar-refractivity contribution in [2.75, 3.05) is 6.54 Å². The first-order valence-corrected chi connectivity index (χ1v) is 9.78. The van der Waals surface area contributed by atoms with Gasteiger partial charge in [-0.2, -0.15) is 10.5 Å². The lowest BCUT2D eigenvalue weighted by Gasteiger charge is -2.18. The maximum absolute atomic E-state index is 14.7. The van der Waals surface area contributed by atoms with Crippen molar-refractivity contribution in [3.8, 4) is 12.1 Å². The summed E-state index contributed by atoms with van der Waals surface area (Å²) in [5, 5.41) is 22.2. The van der Waals surface area contributed by atoms with E-state index in [1.807, 2.05) is 6.07 Å². The summed E-state index contributed by atoms with van der Waals surface area (Å²) in [7, 11) is 0. The maximum atomic E-state index is 14.7. The number of rotatable bonds is 4. The van der Waals surface area contributed by atoms with Gasteiger partial charge in [-0.25, -0.2) is 4.39 Å². The van der Waals surface area contributed by atoms with E-state index in [1.54, 1.807) is 6.07 Å². The minimum atomic E-state index is -0.987. The van der Waals surface area contributed by atoms with Crippen molar-refractivity contribution < 1.29 is 14.0 Å². The Bertz CT molecular complexity index is 1170. The number of hydrogen-bond donors (Lipinski definition) is 1. The van der Waals surface area contributed by atoms with Crippen LogP contribution in [0.3, 0.4) is 0 Å². The predicted molar refractivity (Wildman–Crippen MR) is 110 cm³/mol. The van der Waals surface area contributed by atoms with Crippen LogP contribution in [-0.4, -0.2) is 18.1 Å². The number of halogens is 3. The molecule has 8 heteroatoms. The topological polar surface area (TPSA) is 93.8 Å². The Kier molecular flexibility index (Phi) is 6.52. The molecule has 0 aromatic heterocycles. The third kappa shape index (κ3) is 4.21. The molecule has 1 saturated heterocycles. The quantitative estimate of drug-likeness (QED) is 0.410. The Morgan fingerprint density at radius 3 is 2.40 bits per heavy atom. The largest absolute Gasteiger partial charge is 0.387 e. The number of allylic oxidation sites excluding steroid dienone is 2. The van der Waals surface area contributed by atoms with Crippen molar-refractivity contribution in [2.24, 2.45) is 0 Å². The van der Waals surface area contributed by atoms with E-state index in [0.29, 0.717) is 23.7 Å². The lowest BCUT2D eigenvalue weighted by molar-refractivity contribution is 0.103. The molecule has 0 spiro atoms. The molecule has 2 aromatic carbocycles. The number of ketones is 2. The van der Waals surface area contributed by atoms with Crippen molar-refractivity contribution in [2.45, 2.75) is 19.3 Å². The van der Waals surface area contributed by atoms with Crippen LogP contribution in [0.15, 0.2) is 41.6 Å². The van der Waals surface area contributed by atoms with E-state index in [1.165, 1.54) is 18.2 Å². The SMILES string of the molecule is N#C/C(C(=O)c1cc(C(=O)c2ccc(Cl)cc2Cl)c(C#N)cc1F)=C1\CCCCN1. The second-order valence-electron chi connectivity index (χ2n) is 6.62. The summed E-state index contributed by atoms with van der Waals surface area (Å²) in [5.74, 6) is -2.50. The highest BCUT2D eigenvalue weighted by molar-refractivity contribution is 6.37. The van der Waals surface area contributed by atoms with Gasteiger partial charge in [0.2, 0.25) is 5.78 Å². The van der Waals surface area contributed by atoms with Crippen LogP contribution in [0.1, 0.15) is 51.1 Å². The second kappa shape index (κ2) is 9.09. The van der Waals surface area contributed by atoms with Crippen LogP contribution in [0.2, 0.25) is 10.0 Å². The summed E-state index contributed by atoms with van der Waals surface area (Å²) < 4.78 is 14.7. The van der Waals surface area contributed by atoms with Crippen LogP contribution in [0.25, 0.3) is 0 Å². The molecule has 150 valence electrons. The van der Waals surface area contributed by atoms with E-state index in [2.05, 4.69) is 5.32 Å². The summed E-state index contributed by atoms with van der Waals surface area (Å²) >= 11 is 11.9. The van der Waals surface area contributed by atoms with Crippen LogP contribution in [0, 0.1) is 28.5 Å². The second-order valence-corrected chi connectivity index (χ2v) is 7.46. The Morgan fingerprint density at radius 1 is 1.03 bits per heavy atom. The minimum Gasteiger partial charge on any atom is -0.387 e. The molecular formula is C22H14Cl2FN3O2. The third-order valence-corrected chi connectivity index (χ3v) is 5.27. The third-order valence-electron chi connectivity index (χ3n) is 4.73. The summed E-state index contributed by atoms with van der Waals surface area (Å²) in [6.45, 7) is 0.614. The molecular weight excluding hydrogens is 428 g/mol. The summed E-state index contributed by atoms with van der Waals surface area (Å²) in [6.07, 6.45) is 2.20. The average molecular weight is 442 g/mol. The van der Waals surface area contributed by atoms with Gasteiger partial charge in [0.25, 0.3) is 0 Å². The van der Waals surface area contributed by atoms with E-state index < -0.39 is 22.9 Å². The molecule has 2 aromatic rings. The van der Waals surface area contributed by atoms with Gasteiger partial charge in [-0.15, -0.1) is 0 Å². The number of piperidine rings is 1. The number of carbonyl (C=O) groups excluding carboxylic acids is 2. The lowest BCUT2D eigenvalue weighted by Crippen LogP contribution is -2.24. The van der Waals surface area contributed by atoms with Crippen molar-refractivity contribution in [3.05, 3.63) is 79.7 Å². The van der Waals surface area contributed by atoms with Gasteiger partial charge < -0.3 is 5.32 Å². The molecule has 0 saturated carbocycles. The van der Waals surface area contributed by atoms with Gasteiger partial charge in [0, 0.05) is 28.4 Å². The molecule has 0 atom stereocenters. The van der Waals surface area contributed by atoms with Gasteiger partial charge in [0.05, 0.1) is 16.1 Å². The van der Waals surface area contributed by atoms with Crippen LogP contribution < -0.4 is 5.32 Å². The van der Waals surface area contributed by atoms with E-state index in [4.69, 9.17) is 23.2 Å². The number of nitrogens with one attached hydrogen (secondary N) is 1. The fourth-order valence-electron chi connectivity index (χ4n) is 3.20. The van der Waals surface area contributed by atoms with E-state index in [0.717, 1.165) is 25.0 Å². The number of Topliss-reactive ketones (excluding diaryl/α,β-unsaturated/α-hetero) is 1. The summed E-state index contributed by atoms with van der Waals surface area (Å²) in [4.78, 5) is 25.9. The zero-order valence-electron chi connectivity index (χ0n) is 15.6. The molecule has 1 fully saturated rings. The smallest absolute Gasteiger partial charge is 0.208 e. The Morgan fingerprint density at radius 2 is 1.80 bits per heavy atom. The van der Waals surface area contributed by atoms with Gasteiger partial charge >= 0.3 is 0 Å². The first-order chi connectivity index (χ1) is 14.4. The highest BCUT2D eigenvalue weighted by Crippen LogP contribution is 2.27. The predicted octanol–water partition coefficient (Wildman–Crippen LogP) is 4.97. The van der Waals surface area contributed by atoms with Crippen molar-refractivity contribution in [1.82, 2.24) is 5.32 Å². The number of benzene rings is 2. The molecule has 5 nitrogen and oxygen atoms in total. The molecule has 0 aliphatic carbocycles. The van der Waals surface area contributed by atoms with E-state index in [9.17, 15) is 24.5 Å². The maximum Gasteiger partial charge on any atom is 0.208 e. The van der Waals surface area contributed by atoms with Gasteiger partial charge in [-0.05, 0) is 49.6 Å². The number of nitriles is 2. The Labute approximate surface area is 182 Å². The van der Waals surface area contributed by atoms with Crippen molar-refractivity contribution in [3.63, 3.8) is 0 Å². The summed E-state index contributed by atoms with van der Waals surface area (Å²) in [5.41, 5.74) is -0.603. The fraction of sp³-hybridized carbons (Fsp3) is 0.182. The first kappa shape index (κ1) is 21.5. The first-order valence-electron chi connectivity index (χ1n) is 9.02. The standard InChI is InChI=1S/C22H14Cl2FN3O2/c23-13-4-5-14(18(24)8-13)21(29)15-9-16(19(25)7-12(15)10-26)22(30)17(11-27)20-3-1-2-6-28-20/h4-5,7-9,28H,1-3,6H2/b20-17-. The highest BCUT2D eigenvalue weighted by Gasteiger charge is 2.26. The molecule has 0 radical (unpaired) electrons. The van der Waals surface area contributed by atoms with Crippen LogP contribution >= 0.6 is 23.2 Å². The minimum absolute atomic E-state index is 0.0513. The molecule has 0 amide bonds. The molecule has 1 heterocycles. The van der Waals surface area contributed by atoms with Crippen LogP contribution in [0.4, 0.5) is 4.39 Å². The molecule has 1 aliphatic rings. The highest BCUT2D eigenvalue weighted by atomic mass is 35.5. The zero-order chi connectivity index (χ0) is 21.8. The van der Waals surface area contributed by atoms with Crippen molar-refractivity contribution in [1.29, 1.82) is 10.5 Å². The molecule has 3 rings (SSSR count). The monoisotopic (exact) mass is 441 g/mol. The molecule has 0 bridgehead atoms. The number of hydrogen-bond acceptors (Lipinski definition) is 5. The molecule has 30 heavy (non-hydrogen) atoms.